The van der Waals surface area contributed by atoms with E-state index in [1.165, 1.54) is 5.57 Å². The van der Waals surface area contributed by atoms with Gasteiger partial charge in [0.25, 0.3) is 0 Å². The van der Waals surface area contributed by atoms with E-state index < -0.39 is 0 Å². The van der Waals surface area contributed by atoms with Crippen LogP contribution in [0.4, 0.5) is 0 Å². The summed E-state index contributed by atoms with van der Waals surface area (Å²) in [6, 6.07) is 0. The van der Waals surface area contributed by atoms with Crippen LogP contribution in [0.5, 0.6) is 0 Å². The minimum Gasteiger partial charge on any atom is -0.327 e. The molecule has 1 heteroatoms. The van der Waals surface area contributed by atoms with Crippen molar-refractivity contribution in [1.82, 2.24) is 0 Å². The van der Waals surface area contributed by atoms with Crippen molar-refractivity contribution in [1.29, 1.82) is 0 Å². The van der Waals surface area contributed by atoms with Crippen LogP contribution in [0, 0.1) is 0 Å². The third-order valence-electron chi connectivity index (χ3n) is 1.40. The number of hydrogen-bond donors (Lipinski definition) is 1. The minimum absolute atomic E-state index is 0.618. The van der Waals surface area contributed by atoms with Gasteiger partial charge in [0.05, 0.1) is 0 Å². The Morgan fingerprint density at radius 1 is 1.36 bits per heavy atom. The molecule has 0 rings (SSSR count). The lowest BCUT2D eigenvalue weighted by molar-refractivity contribution is 1.18. The van der Waals surface area contributed by atoms with Gasteiger partial charge in [0.2, 0.25) is 0 Å². The van der Waals surface area contributed by atoms with Gasteiger partial charge in [-0.1, -0.05) is 37.3 Å². The third-order valence-corrected chi connectivity index (χ3v) is 1.40. The van der Waals surface area contributed by atoms with Crippen LogP contribution < -0.4 is 5.73 Å². The van der Waals surface area contributed by atoms with Crippen LogP contribution in [0.3, 0.4) is 0 Å². The van der Waals surface area contributed by atoms with Crippen LogP contribution in [-0.4, -0.2) is 6.54 Å². The molecule has 0 heterocycles. The average molecular weight is 151 g/mol. The highest BCUT2D eigenvalue weighted by Crippen LogP contribution is 1.93. The predicted molar refractivity (Wildman–Crippen MR) is 51.4 cm³/mol. The van der Waals surface area contributed by atoms with E-state index in [9.17, 15) is 0 Å². The van der Waals surface area contributed by atoms with Crippen molar-refractivity contribution in [3.63, 3.8) is 0 Å². The lowest BCUT2D eigenvalue weighted by Gasteiger charge is -1.91. The Morgan fingerprint density at radius 2 is 2.09 bits per heavy atom. The Morgan fingerprint density at radius 3 is 2.55 bits per heavy atom. The molecule has 0 unspecified atom stereocenters. The van der Waals surface area contributed by atoms with E-state index in [-0.39, 0.29) is 0 Å². The second-order valence-electron chi connectivity index (χ2n) is 2.26. The SMILES string of the molecule is C\C=C(/C=C\C=C/CC)CN. The maximum absolute atomic E-state index is 5.45. The van der Waals surface area contributed by atoms with Crippen LogP contribution in [-0.2, 0) is 0 Å². The summed E-state index contributed by atoms with van der Waals surface area (Å²) in [7, 11) is 0. The van der Waals surface area contributed by atoms with E-state index in [2.05, 4.69) is 13.0 Å². The van der Waals surface area contributed by atoms with Crippen LogP contribution in [0.15, 0.2) is 36.0 Å². The second kappa shape index (κ2) is 7.29. The maximum Gasteiger partial charge on any atom is 0.0174 e. The molecule has 0 fully saturated rings. The van der Waals surface area contributed by atoms with E-state index >= 15 is 0 Å². The van der Waals surface area contributed by atoms with Crippen molar-refractivity contribution in [3.05, 3.63) is 36.0 Å². The van der Waals surface area contributed by atoms with Gasteiger partial charge < -0.3 is 5.73 Å². The van der Waals surface area contributed by atoms with Crippen molar-refractivity contribution in [2.75, 3.05) is 6.54 Å². The highest BCUT2D eigenvalue weighted by molar-refractivity contribution is 5.22. The summed E-state index contributed by atoms with van der Waals surface area (Å²) in [6.07, 6.45) is 11.3. The maximum atomic E-state index is 5.45. The van der Waals surface area contributed by atoms with E-state index in [1.807, 2.05) is 31.2 Å². The highest BCUT2D eigenvalue weighted by atomic mass is 14.5. The molecule has 62 valence electrons. The molecule has 1 nitrogen and oxygen atoms in total. The van der Waals surface area contributed by atoms with Crippen LogP contribution in [0.2, 0.25) is 0 Å². The van der Waals surface area contributed by atoms with Crippen molar-refractivity contribution < 1.29 is 0 Å². The number of hydrogen-bond acceptors (Lipinski definition) is 1. The van der Waals surface area contributed by atoms with Crippen molar-refractivity contribution in [3.8, 4) is 0 Å². The number of rotatable bonds is 4. The van der Waals surface area contributed by atoms with E-state index in [0.717, 1.165) is 6.42 Å². The zero-order valence-corrected chi connectivity index (χ0v) is 7.38. The van der Waals surface area contributed by atoms with Crippen molar-refractivity contribution in [2.45, 2.75) is 20.3 Å². The van der Waals surface area contributed by atoms with Gasteiger partial charge in [-0.15, -0.1) is 0 Å². The third kappa shape index (κ3) is 5.62. The molecule has 0 amide bonds. The zero-order chi connectivity index (χ0) is 8.53. The topological polar surface area (TPSA) is 26.0 Å². The molecule has 0 aliphatic rings. The quantitative estimate of drug-likeness (QED) is 0.613. The van der Waals surface area contributed by atoms with Crippen LogP contribution >= 0.6 is 0 Å². The number of nitrogens with two attached hydrogens (primary N) is 1. The molecule has 0 spiro atoms. The average Bonchev–Trinajstić information content (AvgIpc) is 2.05. The summed E-state index contributed by atoms with van der Waals surface area (Å²) in [5.74, 6) is 0. The zero-order valence-electron chi connectivity index (χ0n) is 7.38. The molecule has 11 heavy (non-hydrogen) atoms. The van der Waals surface area contributed by atoms with Gasteiger partial charge in [-0.3, -0.25) is 0 Å². The molecule has 2 N–H and O–H groups in total. The highest BCUT2D eigenvalue weighted by Gasteiger charge is 1.80. The fourth-order valence-electron chi connectivity index (χ4n) is 0.676. The summed E-state index contributed by atoms with van der Waals surface area (Å²) in [5.41, 5.74) is 6.63. The van der Waals surface area contributed by atoms with Gasteiger partial charge in [0.15, 0.2) is 0 Å². The van der Waals surface area contributed by atoms with Gasteiger partial charge in [0, 0.05) is 6.54 Å². The fourth-order valence-corrected chi connectivity index (χ4v) is 0.676. The molecule has 0 bridgehead atoms. The van der Waals surface area contributed by atoms with Gasteiger partial charge in [-0.25, -0.2) is 0 Å². The summed E-state index contributed by atoms with van der Waals surface area (Å²) in [4.78, 5) is 0. The standard InChI is InChI=1S/C10H17N/c1-3-5-6-7-8-10(4-2)9-11/h4-8H,3,9,11H2,1-2H3/b6-5-,8-7-,10-4+. The molecule has 0 aromatic carbocycles. The Kier molecular flexibility index (Phi) is 6.75. The van der Waals surface area contributed by atoms with E-state index in [4.69, 9.17) is 5.73 Å². The van der Waals surface area contributed by atoms with Crippen molar-refractivity contribution >= 4 is 0 Å². The van der Waals surface area contributed by atoms with Gasteiger partial charge in [-0.2, -0.15) is 0 Å². The largest absolute Gasteiger partial charge is 0.327 e. The van der Waals surface area contributed by atoms with Crippen molar-refractivity contribution in [2.24, 2.45) is 5.73 Å². The summed E-state index contributed by atoms with van der Waals surface area (Å²) in [5, 5.41) is 0. The Labute approximate surface area is 69.3 Å². The van der Waals surface area contributed by atoms with Gasteiger partial charge in [0.1, 0.15) is 0 Å². The predicted octanol–water partition coefficient (Wildman–Crippen LogP) is 2.41. The summed E-state index contributed by atoms with van der Waals surface area (Å²) in [6.45, 7) is 4.73. The lowest BCUT2D eigenvalue weighted by Crippen LogP contribution is -1.99. The molecular weight excluding hydrogens is 134 g/mol. The van der Waals surface area contributed by atoms with Gasteiger partial charge in [-0.05, 0) is 18.9 Å². The molecule has 0 aromatic rings. The molecule has 0 aliphatic heterocycles. The Bertz CT molecular complexity index is 164. The Hall–Kier alpha value is -0.820. The summed E-state index contributed by atoms with van der Waals surface area (Å²) < 4.78 is 0. The smallest absolute Gasteiger partial charge is 0.0174 e. The first-order chi connectivity index (χ1) is 5.35. The molecule has 0 atom stereocenters. The fraction of sp³-hybridized carbons (Fsp3) is 0.400. The first-order valence-electron chi connectivity index (χ1n) is 4.03. The van der Waals surface area contributed by atoms with E-state index in [1.54, 1.807) is 0 Å². The molecule has 0 aliphatic carbocycles. The molecule has 0 saturated heterocycles. The molecule has 0 aromatic heterocycles. The first-order valence-corrected chi connectivity index (χ1v) is 4.03. The van der Waals surface area contributed by atoms with Crippen LogP contribution in [0.1, 0.15) is 20.3 Å². The minimum atomic E-state index is 0.618. The lowest BCUT2D eigenvalue weighted by atomic mass is 10.2. The molecule has 0 radical (unpaired) electrons. The van der Waals surface area contributed by atoms with E-state index in [0.29, 0.717) is 6.54 Å². The molecular formula is C10H17N. The van der Waals surface area contributed by atoms with Crippen LogP contribution in [0.25, 0.3) is 0 Å². The Balaban J connectivity index is 3.81. The monoisotopic (exact) mass is 151 g/mol. The second-order valence-corrected chi connectivity index (χ2v) is 2.26. The first kappa shape index (κ1) is 10.2. The normalized spacial score (nSPS) is 13.5. The van der Waals surface area contributed by atoms with Gasteiger partial charge >= 0.3 is 0 Å². The molecule has 0 saturated carbocycles. The number of allylic oxidation sites excluding steroid dienone is 4. The summed E-state index contributed by atoms with van der Waals surface area (Å²) >= 11 is 0.